The lowest BCUT2D eigenvalue weighted by atomic mass is 10.0. The smallest absolute Gasteiger partial charge is 0.322 e. The quantitative estimate of drug-likeness (QED) is 0.724. The fourth-order valence-corrected chi connectivity index (χ4v) is 2.85. The SMILES string of the molecule is CN1CCC(N2CCN(C)C(C(=O)O)C2)CC1. The van der Waals surface area contributed by atoms with Gasteiger partial charge in [0.1, 0.15) is 6.04 Å². The predicted octanol–water partition coefficient (Wildman–Crippen LogP) is -0.219. The van der Waals surface area contributed by atoms with E-state index in [1.54, 1.807) is 0 Å². The molecule has 0 aromatic rings. The Morgan fingerprint density at radius 3 is 2.35 bits per heavy atom. The van der Waals surface area contributed by atoms with E-state index in [4.69, 9.17) is 0 Å². The molecule has 2 rings (SSSR count). The molecule has 2 aliphatic heterocycles. The summed E-state index contributed by atoms with van der Waals surface area (Å²) < 4.78 is 0. The van der Waals surface area contributed by atoms with Crippen LogP contribution in [0.25, 0.3) is 0 Å². The molecule has 1 unspecified atom stereocenters. The van der Waals surface area contributed by atoms with Gasteiger partial charge in [-0.05, 0) is 40.0 Å². The molecule has 2 aliphatic rings. The monoisotopic (exact) mass is 241 g/mol. The Labute approximate surface area is 103 Å². The Morgan fingerprint density at radius 1 is 1.12 bits per heavy atom. The molecule has 5 nitrogen and oxygen atoms in total. The molecule has 5 heteroatoms. The van der Waals surface area contributed by atoms with Gasteiger partial charge in [-0.3, -0.25) is 14.6 Å². The normalized spacial score (nSPS) is 30.6. The molecule has 2 fully saturated rings. The van der Waals surface area contributed by atoms with Crippen LogP contribution in [0.1, 0.15) is 12.8 Å². The van der Waals surface area contributed by atoms with Gasteiger partial charge in [0.05, 0.1) is 0 Å². The second-order valence-corrected chi connectivity index (χ2v) is 5.36. The maximum atomic E-state index is 11.2. The third-order valence-electron chi connectivity index (χ3n) is 4.17. The van der Waals surface area contributed by atoms with E-state index in [9.17, 15) is 9.90 Å². The summed E-state index contributed by atoms with van der Waals surface area (Å²) in [4.78, 5) is 17.8. The van der Waals surface area contributed by atoms with Crippen molar-refractivity contribution in [3.8, 4) is 0 Å². The fraction of sp³-hybridized carbons (Fsp3) is 0.917. The van der Waals surface area contributed by atoms with Crippen LogP contribution in [0.4, 0.5) is 0 Å². The Hall–Kier alpha value is -0.650. The van der Waals surface area contributed by atoms with Crippen LogP contribution in [0.3, 0.4) is 0 Å². The largest absolute Gasteiger partial charge is 0.480 e. The standard InChI is InChI=1S/C12H23N3O2/c1-13-5-3-10(4-6-13)15-8-7-14(2)11(9-15)12(16)17/h10-11H,3-9H2,1-2H3,(H,16,17). The third kappa shape index (κ3) is 2.97. The van der Waals surface area contributed by atoms with Crippen LogP contribution in [0, 0.1) is 0 Å². The number of piperidine rings is 1. The highest BCUT2D eigenvalue weighted by atomic mass is 16.4. The zero-order chi connectivity index (χ0) is 12.4. The van der Waals surface area contributed by atoms with Gasteiger partial charge in [0.15, 0.2) is 0 Å². The zero-order valence-corrected chi connectivity index (χ0v) is 10.8. The van der Waals surface area contributed by atoms with Crippen LogP contribution in [0.2, 0.25) is 0 Å². The molecule has 2 saturated heterocycles. The van der Waals surface area contributed by atoms with Crippen LogP contribution < -0.4 is 0 Å². The van der Waals surface area contributed by atoms with Crippen molar-refractivity contribution in [2.24, 2.45) is 0 Å². The average Bonchev–Trinajstić information content (AvgIpc) is 2.30. The zero-order valence-electron chi connectivity index (χ0n) is 10.8. The van der Waals surface area contributed by atoms with Gasteiger partial charge in [0.25, 0.3) is 0 Å². The maximum absolute atomic E-state index is 11.2. The first kappa shape index (κ1) is 12.8. The van der Waals surface area contributed by atoms with Gasteiger partial charge in [-0.1, -0.05) is 0 Å². The van der Waals surface area contributed by atoms with Crippen LogP contribution in [-0.4, -0.2) is 84.7 Å². The Morgan fingerprint density at radius 2 is 1.76 bits per heavy atom. The predicted molar refractivity (Wildman–Crippen MR) is 66.1 cm³/mol. The molecule has 0 aromatic heterocycles. The van der Waals surface area contributed by atoms with E-state index in [0.717, 1.165) is 26.2 Å². The van der Waals surface area contributed by atoms with Gasteiger partial charge >= 0.3 is 5.97 Å². The van der Waals surface area contributed by atoms with Gasteiger partial charge in [0.2, 0.25) is 0 Å². The molecule has 1 N–H and O–H groups in total. The molecule has 98 valence electrons. The number of carboxylic acid groups (broad SMARTS) is 1. The lowest BCUT2D eigenvalue weighted by Crippen LogP contribution is -2.58. The summed E-state index contributed by atoms with van der Waals surface area (Å²) in [5, 5.41) is 9.19. The van der Waals surface area contributed by atoms with E-state index in [0.29, 0.717) is 12.6 Å². The van der Waals surface area contributed by atoms with Crippen LogP contribution in [-0.2, 0) is 4.79 Å². The minimum Gasteiger partial charge on any atom is -0.480 e. The number of nitrogens with zero attached hydrogens (tertiary/aromatic N) is 3. The van der Waals surface area contributed by atoms with E-state index >= 15 is 0 Å². The fourth-order valence-electron chi connectivity index (χ4n) is 2.85. The van der Waals surface area contributed by atoms with Gasteiger partial charge in [-0.15, -0.1) is 0 Å². The summed E-state index contributed by atoms with van der Waals surface area (Å²) in [7, 11) is 4.06. The van der Waals surface area contributed by atoms with Gasteiger partial charge < -0.3 is 10.0 Å². The number of rotatable bonds is 2. The Kier molecular flexibility index (Phi) is 4.01. The molecular formula is C12H23N3O2. The molecular weight excluding hydrogens is 218 g/mol. The summed E-state index contributed by atoms with van der Waals surface area (Å²) in [6, 6.07) is 0.255. The molecule has 1 atom stereocenters. The molecule has 0 bridgehead atoms. The van der Waals surface area contributed by atoms with Crippen molar-refractivity contribution in [3.63, 3.8) is 0 Å². The minimum atomic E-state index is -0.690. The van der Waals surface area contributed by atoms with E-state index in [1.165, 1.54) is 12.8 Å². The number of carboxylic acids is 1. The molecule has 17 heavy (non-hydrogen) atoms. The first-order valence-corrected chi connectivity index (χ1v) is 6.43. The highest BCUT2D eigenvalue weighted by molar-refractivity contribution is 5.73. The molecule has 0 amide bonds. The molecule has 0 spiro atoms. The molecule has 2 heterocycles. The number of likely N-dealkylation sites (N-methyl/N-ethyl adjacent to an activating group) is 1. The van der Waals surface area contributed by atoms with E-state index < -0.39 is 5.97 Å². The number of carbonyl (C=O) groups is 1. The molecule has 0 aromatic carbocycles. The number of piperazine rings is 1. The van der Waals surface area contributed by atoms with Gasteiger partial charge in [0, 0.05) is 25.7 Å². The summed E-state index contributed by atoms with van der Waals surface area (Å²) in [6.07, 6.45) is 2.35. The van der Waals surface area contributed by atoms with Crippen LogP contribution in [0.15, 0.2) is 0 Å². The minimum absolute atomic E-state index is 0.330. The van der Waals surface area contributed by atoms with E-state index in [2.05, 4.69) is 16.8 Å². The lowest BCUT2D eigenvalue weighted by Gasteiger charge is -2.43. The summed E-state index contributed by atoms with van der Waals surface area (Å²) in [6.45, 7) is 4.82. The summed E-state index contributed by atoms with van der Waals surface area (Å²) >= 11 is 0. The van der Waals surface area contributed by atoms with Crippen molar-refractivity contribution in [1.29, 1.82) is 0 Å². The topological polar surface area (TPSA) is 47.0 Å². The van der Waals surface area contributed by atoms with Crippen molar-refractivity contribution in [2.45, 2.75) is 24.9 Å². The number of hydrogen-bond donors (Lipinski definition) is 1. The average molecular weight is 241 g/mol. The highest BCUT2D eigenvalue weighted by Crippen LogP contribution is 2.19. The van der Waals surface area contributed by atoms with Crippen molar-refractivity contribution in [3.05, 3.63) is 0 Å². The van der Waals surface area contributed by atoms with Crippen LogP contribution in [0.5, 0.6) is 0 Å². The van der Waals surface area contributed by atoms with Crippen LogP contribution >= 0.6 is 0 Å². The second kappa shape index (κ2) is 5.33. The highest BCUT2D eigenvalue weighted by Gasteiger charge is 2.33. The van der Waals surface area contributed by atoms with Crippen molar-refractivity contribution >= 4 is 5.97 Å². The molecule has 0 aliphatic carbocycles. The summed E-state index contributed by atoms with van der Waals surface area (Å²) in [5.74, 6) is -0.690. The van der Waals surface area contributed by atoms with Crippen molar-refractivity contribution in [2.75, 3.05) is 46.8 Å². The number of aliphatic carboxylic acids is 1. The Balaban J connectivity index is 1.91. The van der Waals surface area contributed by atoms with Crippen molar-refractivity contribution in [1.82, 2.24) is 14.7 Å². The Bertz CT molecular complexity index is 277. The van der Waals surface area contributed by atoms with Gasteiger partial charge in [-0.25, -0.2) is 0 Å². The first-order chi connectivity index (χ1) is 8.08. The summed E-state index contributed by atoms with van der Waals surface area (Å²) in [5.41, 5.74) is 0. The second-order valence-electron chi connectivity index (χ2n) is 5.36. The van der Waals surface area contributed by atoms with Crippen molar-refractivity contribution < 1.29 is 9.90 Å². The third-order valence-corrected chi connectivity index (χ3v) is 4.17. The number of likely N-dealkylation sites (tertiary alicyclic amines) is 1. The van der Waals surface area contributed by atoms with Gasteiger partial charge in [-0.2, -0.15) is 0 Å². The first-order valence-electron chi connectivity index (χ1n) is 6.43. The maximum Gasteiger partial charge on any atom is 0.322 e. The molecule has 0 radical (unpaired) electrons. The molecule has 0 saturated carbocycles. The van der Waals surface area contributed by atoms with E-state index in [-0.39, 0.29) is 6.04 Å². The van der Waals surface area contributed by atoms with E-state index in [1.807, 2.05) is 11.9 Å². The lowest BCUT2D eigenvalue weighted by molar-refractivity contribution is -0.145. The number of hydrogen-bond acceptors (Lipinski definition) is 4.